The molecular weight excluding hydrogens is 308 g/mol. The van der Waals surface area contributed by atoms with Crippen LogP contribution >= 0.6 is 0 Å². The van der Waals surface area contributed by atoms with E-state index in [0.717, 1.165) is 25.7 Å². The molecule has 0 heterocycles. The highest BCUT2D eigenvalue weighted by atomic mass is 16.1. The van der Waals surface area contributed by atoms with Gasteiger partial charge in [0.25, 0.3) is 0 Å². The standard InChI is InChI=1S/C23H30O2/c1-14-12-20-18-7-6-16-13-17(25)8-10-21(16,3)19(18)9-11-22(20,4)23(14,5)15(2)24/h8-10,13-14,18,20H,6-7,11-12H2,1-5H3/t14?,18-,20+,21+,22+,23-/m1/s1. The Labute approximate surface area is 151 Å². The van der Waals surface area contributed by atoms with E-state index < -0.39 is 0 Å². The number of ketones is 2. The Balaban J connectivity index is 1.81. The van der Waals surface area contributed by atoms with Gasteiger partial charge in [0.2, 0.25) is 0 Å². The quantitative estimate of drug-likeness (QED) is 0.627. The zero-order chi connectivity index (χ0) is 18.2. The van der Waals surface area contributed by atoms with Crippen LogP contribution in [0.25, 0.3) is 0 Å². The Morgan fingerprint density at radius 2 is 1.96 bits per heavy atom. The zero-order valence-corrected chi connectivity index (χ0v) is 16.2. The molecule has 0 N–H and O–H groups in total. The summed E-state index contributed by atoms with van der Waals surface area (Å²) in [6.07, 6.45) is 12.4. The van der Waals surface area contributed by atoms with Gasteiger partial charge in [-0.15, -0.1) is 0 Å². The van der Waals surface area contributed by atoms with Crippen LogP contribution in [0.15, 0.2) is 35.5 Å². The predicted molar refractivity (Wildman–Crippen MR) is 99.9 cm³/mol. The molecule has 0 aromatic rings. The van der Waals surface area contributed by atoms with Crippen molar-refractivity contribution in [3.8, 4) is 0 Å². The van der Waals surface area contributed by atoms with E-state index >= 15 is 0 Å². The first-order chi connectivity index (χ1) is 11.6. The predicted octanol–water partition coefficient (Wildman–Crippen LogP) is 5.06. The van der Waals surface area contributed by atoms with Gasteiger partial charge in [0.1, 0.15) is 5.78 Å². The summed E-state index contributed by atoms with van der Waals surface area (Å²) in [6, 6.07) is 0. The van der Waals surface area contributed by atoms with Gasteiger partial charge in [-0.25, -0.2) is 0 Å². The number of rotatable bonds is 1. The second kappa shape index (κ2) is 5.05. The number of carbonyl (C=O) groups is 2. The summed E-state index contributed by atoms with van der Waals surface area (Å²) in [5, 5.41) is 0. The van der Waals surface area contributed by atoms with Crippen molar-refractivity contribution in [1.82, 2.24) is 0 Å². The Bertz CT molecular complexity index is 754. The fraction of sp³-hybridized carbons (Fsp3) is 0.652. The molecule has 0 bridgehead atoms. The lowest BCUT2D eigenvalue weighted by Crippen LogP contribution is -2.49. The van der Waals surface area contributed by atoms with Crippen LogP contribution in [0.5, 0.6) is 0 Å². The van der Waals surface area contributed by atoms with E-state index in [-0.39, 0.29) is 22.0 Å². The molecule has 0 saturated heterocycles. The van der Waals surface area contributed by atoms with Crippen molar-refractivity contribution in [2.24, 2.45) is 34.0 Å². The van der Waals surface area contributed by atoms with Crippen LogP contribution in [0.3, 0.4) is 0 Å². The molecular formula is C23H30O2. The Hall–Kier alpha value is -1.44. The smallest absolute Gasteiger partial charge is 0.178 e. The highest BCUT2D eigenvalue weighted by molar-refractivity contribution is 6.01. The van der Waals surface area contributed by atoms with Gasteiger partial charge in [-0.1, -0.05) is 44.1 Å². The molecule has 6 atom stereocenters. The van der Waals surface area contributed by atoms with E-state index in [1.54, 1.807) is 13.0 Å². The van der Waals surface area contributed by atoms with E-state index in [9.17, 15) is 9.59 Å². The molecule has 0 radical (unpaired) electrons. The molecule has 0 aromatic heterocycles. The third-order valence-electron chi connectivity index (χ3n) is 8.85. The minimum Gasteiger partial charge on any atom is -0.299 e. The number of carbonyl (C=O) groups excluding carboxylic acids is 2. The molecule has 2 nitrogen and oxygen atoms in total. The van der Waals surface area contributed by atoms with E-state index in [2.05, 4.69) is 39.8 Å². The Kier molecular flexibility index (Phi) is 3.43. The number of hydrogen-bond donors (Lipinski definition) is 0. The second-order valence-corrected chi connectivity index (χ2v) is 9.54. The first kappa shape index (κ1) is 17.0. The monoisotopic (exact) mass is 338 g/mol. The second-order valence-electron chi connectivity index (χ2n) is 9.54. The molecule has 2 heteroatoms. The van der Waals surface area contributed by atoms with Gasteiger partial charge < -0.3 is 0 Å². The molecule has 2 fully saturated rings. The minimum atomic E-state index is -0.227. The van der Waals surface area contributed by atoms with Gasteiger partial charge in [-0.3, -0.25) is 9.59 Å². The van der Waals surface area contributed by atoms with Crippen LogP contribution in [0, 0.1) is 34.0 Å². The minimum absolute atomic E-state index is 0.0538. The third kappa shape index (κ3) is 1.92. The van der Waals surface area contributed by atoms with Gasteiger partial charge in [0.05, 0.1) is 0 Å². The van der Waals surface area contributed by atoms with E-state index in [4.69, 9.17) is 0 Å². The summed E-state index contributed by atoms with van der Waals surface area (Å²) < 4.78 is 0. The average molecular weight is 338 g/mol. The van der Waals surface area contributed by atoms with Crippen LogP contribution in [-0.2, 0) is 9.59 Å². The van der Waals surface area contributed by atoms with Crippen LogP contribution in [0.1, 0.15) is 60.3 Å². The fourth-order valence-electron chi connectivity index (χ4n) is 6.84. The summed E-state index contributed by atoms with van der Waals surface area (Å²) in [5.74, 6) is 2.03. The molecule has 134 valence electrons. The maximum Gasteiger partial charge on any atom is 0.178 e. The van der Waals surface area contributed by atoms with Gasteiger partial charge >= 0.3 is 0 Å². The Morgan fingerprint density at radius 3 is 2.64 bits per heavy atom. The van der Waals surface area contributed by atoms with Crippen molar-refractivity contribution in [3.05, 3.63) is 35.5 Å². The number of Topliss-reactive ketones (excluding diaryl/α,β-unsaturated/α-hetero) is 1. The zero-order valence-electron chi connectivity index (χ0n) is 16.2. The SMILES string of the molecule is CC(=O)[C@@]1(C)C(C)C[C@H]2[C@@H]3CCC4=CC(=O)C=C[C@]4(C)C3=CC[C@@]21C. The van der Waals surface area contributed by atoms with Gasteiger partial charge in [0.15, 0.2) is 5.78 Å². The molecule has 0 aliphatic heterocycles. The normalized spacial score (nSPS) is 48.2. The molecule has 4 rings (SSSR count). The lowest BCUT2D eigenvalue weighted by molar-refractivity contribution is -0.135. The molecule has 1 unspecified atom stereocenters. The maximum atomic E-state index is 12.6. The average Bonchev–Trinajstić information content (AvgIpc) is 2.77. The molecule has 0 spiro atoms. The largest absolute Gasteiger partial charge is 0.299 e. The van der Waals surface area contributed by atoms with Crippen LogP contribution in [0.4, 0.5) is 0 Å². The van der Waals surface area contributed by atoms with Crippen LogP contribution in [-0.4, -0.2) is 11.6 Å². The first-order valence-electron chi connectivity index (χ1n) is 9.80. The summed E-state index contributed by atoms with van der Waals surface area (Å²) in [6.45, 7) is 10.9. The van der Waals surface area contributed by atoms with E-state index in [1.807, 2.05) is 6.08 Å². The highest BCUT2D eigenvalue weighted by Crippen LogP contribution is 2.69. The van der Waals surface area contributed by atoms with Crippen molar-refractivity contribution >= 4 is 11.6 Å². The third-order valence-corrected chi connectivity index (χ3v) is 8.85. The molecule has 25 heavy (non-hydrogen) atoms. The van der Waals surface area contributed by atoms with Crippen molar-refractivity contribution in [1.29, 1.82) is 0 Å². The van der Waals surface area contributed by atoms with E-state index in [0.29, 0.717) is 23.5 Å². The number of allylic oxidation sites excluding steroid dienone is 6. The van der Waals surface area contributed by atoms with Crippen molar-refractivity contribution in [2.45, 2.75) is 60.3 Å². The topological polar surface area (TPSA) is 34.1 Å². The first-order valence-corrected chi connectivity index (χ1v) is 9.80. The van der Waals surface area contributed by atoms with Crippen molar-refractivity contribution in [2.75, 3.05) is 0 Å². The van der Waals surface area contributed by atoms with Gasteiger partial charge in [0, 0.05) is 10.8 Å². The summed E-state index contributed by atoms with van der Waals surface area (Å²) in [5.41, 5.74) is 2.53. The van der Waals surface area contributed by atoms with Gasteiger partial charge in [-0.2, -0.15) is 0 Å². The molecule has 4 aliphatic carbocycles. The van der Waals surface area contributed by atoms with Crippen LogP contribution < -0.4 is 0 Å². The molecule has 4 aliphatic rings. The lowest BCUT2D eigenvalue weighted by Gasteiger charge is -2.54. The summed E-state index contributed by atoms with van der Waals surface area (Å²) in [7, 11) is 0. The van der Waals surface area contributed by atoms with Crippen molar-refractivity contribution < 1.29 is 9.59 Å². The molecule has 0 aromatic carbocycles. The number of fused-ring (bicyclic) bond motifs is 5. The summed E-state index contributed by atoms with van der Waals surface area (Å²) in [4.78, 5) is 24.5. The Morgan fingerprint density at radius 1 is 1.24 bits per heavy atom. The lowest BCUT2D eigenvalue weighted by atomic mass is 9.49. The van der Waals surface area contributed by atoms with Crippen molar-refractivity contribution in [3.63, 3.8) is 0 Å². The van der Waals surface area contributed by atoms with E-state index in [1.165, 1.54) is 11.1 Å². The van der Waals surface area contributed by atoms with Gasteiger partial charge in [-0.05, 0) is 74.9 Å². The molecule has 2 saturated carbocycles. The fourth-order valence-corrected chi connectivity index (χ4v) is 6.84. The number of hydrogen-bond acceptors (Lipinski definition) is 2. The summed E-state index contributed by atoms with van der Waals surface area (Å²) >= 11 is 0. The highest BCUT2D eigenvalue weighted by Gasteiger charge is 2.64. The maximum absolute atomic E-state index is 12.6. The molecule has 0 amide bonds. The van der Waals surface area contributed by atoms with Crippen LogP contribution in [0.2, 0.25) is 0 Å².